The van der Waals surface area contributed by atoms with Crippen molar-refractivity contribution in [3.05, 3.63) is 34.2 Å². The molecule has 0 saturated carbocycles. The summed E-state index contributed by atoms with van der Waals surface area (Å²) in [6.45, 7) is 1.98. The van der Waals surface area contributed by atoms with Gasteiger partial charge in [-0.25, -0.2) is 0 Å². The highest BCUT2D eigenvalue weighted by Crippen LogP contribution is 1.89. The van der Waals surface area contributed by atoms with Gasteiger partial charge in [0.1, 0.15) is 6.29 Å². The number of hydrogen-bond donors (Lipinski definition) is 0. The molecule has 0 atom stereocenters. The number of pyridine rings is 1. The molecule has 0 saturated heterocycles. The van der Waals surface area contributed by atoms with Crippen LogP contribution in [0.5, 0.6) is 0 Å². The summed E-state index contributed by atoms with van der Waals surface area (Å²) in [5.41, 5.74) is 0.786. The summed E-state index contributed by atoms with van der Waals surface area (Å²) < 4.78 is 1.36. The van der Waals surface area contributed by atoms with Crippen molar-refractivity contribution < 1.29 is 4.79 Å². The average Bonchev–Trinajstić information content (AvgIpc) is 1.95. The quantitative estimate of drug-likeness (QED) is 0.572. The highest BCUT2D eigenvalue weighted by atomic mass is 16.1. The average molecular weight is 151 g/mol. The van der Waals surface area contributed by atoms with E-state index in [4.69, 9.17) is 0 Å². The summed E-state index contributed by atoms with van der Waals surface area (Å²) in [4.78, 5) is 21.1. The minimum absolute atomic E-state index is 0.128. The van der Waals surface area contributed by atoms with Gasteiger partial charge in [-0.15, -0.1) is 0 Å². The molecule has 1 aromatic rings. The van der Waals surface area contributed by atoms with Gasteiger partial charge >= 0.3 is 0 Å². The van der Waals surface area contributed by atoms with E-state index in [0.717, 1.165) is 5.56 Å². The van der Waals surface area contributed by atoms with Crippen LogP contribution in [0.3, 0.4) is 0 Å². The first kappa shape index (κ1) is 7.72. The number of carbonyl (C=O) groups excluding carboxylic acids is 1. The molecule has 1 aromatic heterocycles. The van der Waals surface area contributed by atoms with Gasteiger partial charge in [-0.1, -0.05) is 0 Å². The van der Waals surface area contributed by atoms with Crippen molar-refractivity contribution in [3.8, 4) is 0 Å². The molecule has 1 heterocycles. The Balaban J connectivity index is 3.09. The maximum absolute atomic E-state index is 11.0. The second-order valence-electron chi connectivity index (χ2n) is 2.36. The van der Waals surface area contributed by atoms with E-state index in [-0.39, 0.29) is 12.1 Å². The van der Waals surface area contributed by atoms with Crippen LogP contribution in [0, 0.1) is 6.92 Å². The monoisotopic (exact) mass is 151 g/mol. The Morgan fingerprint density at radius 3 is 2.91 bits per heavy atom. The van der Waals surface area contributed by atoms with Gasteiger partial charge in [-0.2, -0.15) is 0 Å². The predicted molar refractivity (Wildman–Crippen MR) is 41.5 cm³/mol. The Labute approximate surface area is 64.3 Å². The Morgan fingerprint density at radius 2 is 2.36 bits per heavy atom. The fraction of sp³-hybridized carbons (Fsp3) is 0.250. The normalized spacial score (nSPS) is 9.55. The second kappa shape index (κ2) is 3.14. The lowest BCUT2D eigenvalue weighted by atomic mass is 10.3. The van der Waals surface area contributed by atoms with Crippen LogP contribution in [0.4, 0.5) is 0 Å². The van der Waals surface area contributed by atoms with Gasteiger partial charge in [0.2, 0.25) is 0 Å². The smallest absolute Gasteiger partial charge is 0.251 e. The molecule has 11 heavy (non-hydrogen) atoms. The van der Waals surface area contributed by atoms with Gasteiger partial charge in [-0.3, -0.25) is 4.79 Å². The zero-order valence-corrected chi connectivity index (χ0v) is 6.28. The van der Waals surface area contributed by atoms with Crippen molar-refractivity contribution in [2.24, 2.45) is 0 Å². The van der Waals surface area contributed by atoms with E-state index in [1.54, 1.807) is 12.3 Å². The first-order valence-electron chi connectivity index (χ1n) is 3.35. The van der Waals surface area contributed by atoms with Gasteiger partial charge in [0.15, 0.2) is 0 Å². The molecule has 0 radical (unpaired) electrons. The van der Waals surface area contributed by atoms with E-state index in [0.29, 0.717) is 6.29 Å². The molecule has 0 amide bonds. The van der Waals surface area contributed by atoms with E-state index in [1.165, 1.54) is 10.6 Å². The Kier molecular flexibility index (Phi) is 2.21. The van der Waals surface area contributed by atoms with Crippen molar-refractivity contribution in [2.75, 3.05) is 0 Å². The number of nitrogens with zero attached hydrogens (tertiary/aromatic N) is 1. The Morgan fingerprint density at radius 1 is 1.64 bits per heavy atom. The van der Waals surface area contributed by atoms with Crippen LogP contribution in [0.15, 0.2) is 23.1 Å². The van der Waals surface area contributed by atoms with E-state index >= 15 is 0 Å². The van der Waals surface area contributed by atoms with E-state index in [2.05, 4.69) is 0 Å². The second-order valence-corrected chi connectivity index (χ2v) is 2.36. The first-order chi connectivity index (χ1) is 5.24. The third kappa shape index (κ3) is 1.77. The lowest BCUT2D eigenvalue weighted by molar-refractivity contribution is -0.108. The zero-order chi connectivity index (χ0) is 8.27. The van der Waals surface area contributed by atoms with Crippen LogP contribution < -0.4 is 5.56 Å². The van der Waals surface area contributed by atoms with Gasteiger partial charge in [-0.05, 0) is 18.6 Å². The van der Waals surface area contributed by atoms with Crippen LogP contribution in [0.25, 0.3) is 0 Å². The van der Waals surface area contributed by atoms with Gasteiger partial charge < -0.3 is 9.36 Å². The molecule has 0 spiro atoms. The minimum atomic E-state index is -0.128. The summed E-state index contributed by atoms with van der Waals surface area (Å²) >= 11 is 0. The van der Waals surface area contributed by atoms with E-state index in [1.807, 2.05) is 6.92 Å². The third-order valence-electron chi connectivity index (χ3n) is 1.42. The summed E-state index contributed by atoms with van der Waals surface area (Å²) in [6.07, 6.45) is 2.32. The number of aldehydes is 1. The van der Waals surface area contributed by atoms with Crippen LogP contribution in [0.2, 0.25) is 0 Å². The molecule has 0 bridgehead atoms. The number of hydrogen-bond acceptors (Lipinski definition) is 2. The van der Waals surface area contributed by atoms with Gasteiger partial charge in [0.25, 0.3) is 5.56 Å². The molecule has 1 rings (SSSR count). The number of aryl methyl sites for hydroxylation is 1. The maximum atomic E-state index is 11.0. The molecule has 58 valence electrons. The minimum Gasteiger partial charge on any atom is -0.308 e. The molecule has 3 nitrogen and oxygen atoms in total. The van der Waals surface area contributed by atoms with Crippen molar-refractivity contribution in [2.45, 2.75) is 13.5 Å². The Hall–Kier alpha value is -1.38. The van der Waals surface area contributed by atoms with E-state index in [9.17, 15) is 9.59 Å². The van der Waals surface area contributed by atoms with Crippen molar-refractivity contribution >= 4 is 6.29 Å². The number of carbonyl (C=O) groups is 1. The number of aromatic nitrogens is 1. The van der Waals surface area contributed by atoms with Crippen LogP contribution in [-0.2, 0) is 11.3 Å². The largest absolute Gasteiger partial charge is 0.308 e. The van der Waals surface area contributed by atoms with Crippen LogP contribution >= 0.6 is 0 Å². The predicted octanol–water partition coefficient (Wildman–Crippen LogP) is 0.356. The highest BCUT2D eigenvalue weighted by Gasteiger charge is 1.92. The number of rotatable bonds is 2. The van der Waals surface area contributed by atoms with Gasteiger partial charge in [0.05, 0.1) is 6.54 Å². The molecule has 0 aliphatic heterocycles. The van der Waals surface area contributed by atoms with Crippen LogP contribution in [-0.4, -0.2) is 10.9 Å². The third-order valence-corrected chi connectivity index (χ3v) is 1.42. The van der Waals surface area contributed by atoms with E-state index < -0.39 is 0 Å². The molecule has 0 aliphatic rings. The molecule has 0 aliphatic carbocycles. The first-order valence-corrected chi connectivity index (χ1v) is 3.35. The highest BCUT2D eigenvalue weighted by molar-refractivity contribution is 5.49. The van der Waals surface area contributed by atoms with Crippen LogP contribution in [0.1, 0.15) is 5.56 Å². The molecular weight excluding hydrogens is 142 g/mol. The molecular formula is C8H9NO2. The maximum Gasteiger partial charge on any atom is 0.251 e. The fourth-order valence-corrected chi connectivity index (χ4v) is 0.838. The molecule has 3 heteroatoms. The summed E-state index contributed by atoms with van der Waals surface area (Å²) in [5, 5.41) is 0. The molecule has 0 N–H and O–H groups in total. The van der Waals surface area contributed by atoms with Crippen molar-refractivity contribution in [1.29, 1.82) is 0 Å². The summed E-state index contributed by atoms with van der Waals surface area (Å²) in [7, 11) is 0. The van der Waals surface area contributed by atoms with Crippen molar-refractivity contribution in [1.82, 2.24) is 4.57 Å². The topological polar surface area (TPSA) is 39.1 Å². The molecule has 0 fully saturated rings. The molecule has 0 unspecified atom stereocenters. The SMILES string of the molecule is Cc1ccn(CC=O)c(=O)c1. The summed E-state index contributed by atoms with van der Waals surface area (Å²) in [5.74, 6) is 0. The van der Waals surface area contributed by atoms with Crippen molar-refractivity contribution in [3.63, 3.8) is 0 Å². The Bertz CT molecular complexity index is 314. The fourth-order valence-electron chi connectivity index (χ4n) is 0.838. The zero-order valence-electron chi connectivity index (χ0n) is 6.28. The molecule has 0 aromatic carbocycles. The summed E-state index contributed by atoms with van der Waals surface area (Å²) in [6, 6.07) is 3.30. The lowest BCUT2D eigenvalue weighted by Gasteiger charge is -1.98. The standard InChI is InChI=1S/C8H9NO2/c1-7-2-3-9(4-5-10)8(11)6-7/h2-3,5-6H,4H2,1H3. The van der Waals surface area contributed by atoms with Gasteiger partial charge in [0, 0.05) is 12.3 Å². The lowest BCUT2D eigenvalue weighted by Crippen LogP contribution is -2.19.